The minimum absolute atomic E-state index is 0.0973. The maximum absolute atomic E-state index is 13.7. The van der Waals surface area contributed by atoms with Crippen molar-refractivity contribution in [2.45, 2.75) is 45.1 Å². The van der Waals surface area contributed by atoms with Gasteiger partial charge in [0.25, 0.3) is 5.91 Å². The van der Waals surface area contributed by atoms with Crippen LogP contribution in [0.5, 0.6) is 0 Å². The third-order valence-corrected chi connectivity index (χ3v) is 7.84. The molecule has 0 radical (unpaired) electrons. The van der Waals surface area contributed by atoms with Gasteiger partial charge < -0.3 is 4.90 Å². The number of ketones is 1. The minimum atomic E-state index is -0.427. The molecule has 0 bridgehead atoms. The quantitative estimate of drug-likeness (QED) is 0.317. The monoisotopic (exact) mass is 461 g/mol. The summed E-state index contributed by atoms with van der Waals surface area (Å²) in [7, 11) is 0. The number of thiophene rings is 1. The predicted octanol–water partition coefficient (Wildman–Crippen LogP) is 6.81. The fraction of sp³-hybridized carbons (Fsp3) is 0.259. The fourth-order valence-corrected chi connectivity index (χ4v) is 6.20. The van der Waals surface area contributed by atoms with E-state index in [2.05, 4.69) is 39.0 Å². The molecule has 2 aliphatic rings. The van der Waals surface area contributed by atoms with Crippen molar-refractivity contribution in [3.63, 3.8) is 0 Å². The molecule has 2 aliphatic heterocycles. The van der Waals surface area contributed by atoms with Crippen LogP contribution < -0.4 is 4.90 Å². The van der Waals surface area contributed by atoms with Crippen LogP contribution in [0, 0.1) is 6.92 Å². The van der Waals surface area contributed by atoms with Crippen LogP contribution in [0.1, 0.15) is 59.1 Å². The Balaban J connectivity index is 1.76. The highest BCUT2D eigenvalue weighted by atomic mass is 35.5. The Bertz CT molecular complexity index is 1290. The molecule has 162 valence electrons. The van der Waals surface area contributed by atoms with E-state index >= 15 is 0 Å². The van der Waals surface area contributed by atoms with E-state index < -0.39 is 5.54 Å². The topological polar surface area (TPSA) is 37.4 Å². The molecule has 32 heavy (non-hydrogen) atoms. The van der Waals surface area contributed by atoms with Crippen molar-refractivity contribution in [3.05, 3.63) is 92.1 Å². The van der Waals surface area contributed by atoms with Gasteiger partial charge in [-0.05, 0) is 68.0 Å². The molecule has 1 aromatic heterocycles. The third-order valence-electron chi connectivity index (χ3n) is 6.71. The Labute approximate surface area is 197 Å². The zero-order valence-electron chi connectivity index (χ0n) is 18.5. The van der Waals surface area contributed by atoms with E-state index in [4.69, 9.17) is 11.6 Å². The van der Waals surface area contributed by atoms with Crippen LogP contribution in [-0.2, 0) is 10.2 Å². The highest BCUT2D eigenvalue weighted by Crippen LogP contribution is 2.56. The van der Waals surface area contributed by atoms with Crippen molar-refractivity contribution >= 4 is 45.9 Å². The summed E-state index contributed by atoms with van der Waals surface area (Å²) in [5.41, 5.74) is 4.90. The zero-order valence-corrected chi connectivity index (χ0v) is 20.1. The van der Waals surface area contributed by atoms with Gasteiger partial charge in [0, 0.05) is 27.6 Å². The van der Waals surface area contributed by atoms with E-state index in [1.807, 2.05) is 41.5 Å². The summed E-state index contributed by atoms with van der Waals surface area (Å²) in [6.07, 6.45) is 2.28. The highest BCUT2D eigenvalue weighted by molar-refractivity contribution is 7.12. The first-order valence-corrected chi connectivity index (χ1v) is 11.9. The molecule has 3 heterocycles. The molecule has 3 aromatic rings. The zero-order chi connectivity index (χ0) is 22.8. The van der Waals surface area contributed by atoms with Crippen LogP contribution in [-0.4, -0.2) is 17.2 Å². The van der Waals surface area contributed by atoms with E-state index in [0.717, 1.165) is 28.8 Å². The van der Waals surface area contributed by atoms with Crippen molar-refractivity contribution in [1.82, 2.24) is 0 Å². The van der Waals surface area contributed by atoms with Crippen molar-refractivity contribution < 1.29 is 9.59 Å². The summed E-state index contributed by atoms with van der Waals surface area (Å²) in [5, 5.41) is 2.58. The first-order valence-electron chi connectivity index (χ1n) is 10.7. The van der Waals surface area contributed by atoms with Gasteiger partial charge in [0.2, 0.25) is 0 Å². The second kappa shape index (κ2) is 7.16. The number of aryl methyl sites for hydroxylation is 1. The molecule has 3 nitrogen and oxygen atoms in total. The lowest BCUT2D eigenvalue weighted by atomic mass is 9.65. The minimum Gasteiger partial charge on any atom is -0.302 e. The Morgan fingerprint density at radius 2 is 1.84 bits per heavy atom. The average Bonchev–Trinajstić information content (AvgIpc) is 3.35. The number of halogens is 1. The maximum Gasteiger partial charge on any atom is 0.259 e. The largest absolute Gasteiger partial charge is 0.302 e. The van der Waals surface area contributed by atoms with Crippen molar-refractivity contribution in [2.75, 3.05) is 4.90 Å². The van der Waals surface area contributed by atoms with E-state index in [0.29, 0.717) is 15.5 Å². The summed E-state index contributed by atoms with van der Waals surface area (Å²) in [4.78, 5) is 29.1. The van der Waals surface area contributed by atoms with Gasteiger partial charge in [-0.1, -0.05) is 48.4 Å². The van der Waals surface area contributed by atoms with Gasteiger partial charge in [-0.3, -0.25) is 9.59 Å². The number of hydrogen-bond donors (Lipinski definition) is 0. The number of nitrogens with zero attached hydrogens (tertiary/aromatic N) is 1. The van der Waals surface area contributed by atoms with Gasteiger partial charge in [-0.15, -0.1) is 11.3 Å². The van der Waals surface area contributed by atoms with E-state index in [-0.39, 0.29) is 17.1 Å². The summed E-state index contributed by atoms with van der Waals surface area (Å²) in [6, 6.07) is 15.9. The first-order chi connectivity index (χ1) is 15.1. The first kappa shape index (κ1) is 21.2. The molecule has 0 aliphatic carbocycles. The summed E-state index contributed by atoms with van der Waals surface area (Å²) >= 11 is 7.56. The van der Waals surface area contributed by atoms with E-state index in [9.17, 15) is 9.59 Å². The molecule has 5 rings (SSSR count). The number of allylic oxidation sites excluding steroid dienone is 1. The van der Waals surface area contributed by atoms with Crippen molar-refractivity contribution in [1.29, 1.82) is 0 Å². The number of carbonyl (C=O) groups is 2. The second-order valence-corrected chi connectivity index (χ2v) is 11.0. The Morgan fingerprint density at radius 3 is 2.50 bits per heavy atom. The highest BCUT2D eigenvalue weighted by Gasteiger charge is 2.52. The molecule has 5 heteroatoms. The van der Waals surface area contributed by atoms with Crippen molar-refractivity contribution in [2.24, 2.45) is 0 Å². The maximum atomic E-state index is 13.7. The standard InChI is InChI=1S/C27H24ClNO2S/c1-16-12-19-20(14-22(30)23-6-5-11-32-23)25(31)29-24(19)21(13-16)27(4,15-26(29,2)3)17-7-9-18(28)10-8-17/h5-14H,15H2,1-4H3/b20-14+. The molecule has 1 amide bonds. The lowest BCUT2D eigenvalue weighted by molar-refractivity contribution is -0.114. The molecule has 2 aromatic carbocycles. The van der Waals surface area contributed by atoms with Gasteiger partial charge in [0.05, 0.1) is 16.1 Å². The number of rotatable bonds is 3. The summed E-state index contributed by atoms with van der Waals surface area (Å²) in [6.45, 7) is 8.50. The molecule has 1 atom stereocenters. The number of anilines is 1. The van der Waals surface area contributed by atoms with Crippen LogP contribution in [0.4, 0.5) is 5.69 Å². The normalized spacial score (nSPS) is 22.3. The van der Waals surface area contributed by atoms with E-state index in [1.54, 1.807) is 6.07 Å². The molecule has 0 N–H and O–H groups in total. The summed E-state index contributed by atoms with van der Waals surface area (Å²) in [5.74, 6) is -0.225. The smallest absolute Gasteiger partial charge is 0.259 e. The number of hydrogen-bond acceptors (Lipinski definition) is 3. The molecule has 0 fully saturated rings. The van der Waals surface area contributed by atoms with Gasteiger partial charge in [-0.2, -0.15) is 0 Å². The fourth-order valence-electron chi connectivity index (χ4n) is 5.44. The number of carbonyl (C=O) groups excluding carboxylic acids is 2. The average molecular weight is 462 g/mol. The van der Waals surface area contributed by atoms with Crippen LogP contribution in [0.15, 0.2) is 60.0 Å². The lowest BCUT2D eigenvalue weighted by Crippen LogP contribution is -2.54. The van der Waals surface area contributed by atoms with Crippen LogP contribution in [0.2, 0.25) is 5.02 Å². The van der Waals surface area contributed by atoms with Crippen LogP contribution in [0.25, 0.3) is 5.57 Å². The van der Waals surface area contributed by atoms with Gasteiger partial charge in [0.15, 0.2) is 5.78 Å². The molecule has 0 saturated heterocycles. The Morgan fingerprint density at radius 1 is 1.12 bits per heavy atom. The molecule has 1 unspecified atom stereocenters. The lowest BCUT2D eigenvalue weighted by Gasteiger charge is -2.50. The van der Waals surface area contributed by atoms with Crippen molar-refractivity contribution in [3.8, 4) is 0 Å². The Hall–Kier alpha value is -2.69. The van der Waals surface area contributed by atoms with Gasteiger partial charge >= 0.3 is 0 Å². The summed E-state index contributed by atoms with van der Waals surface area (Å²) < 4.78 is 0. The predicted molar refractivity (Wildman–Crippen MR) is 132 cm³/mol. The molecule has 0 saturated carbocycles. The van der Waals surface area contributed by atoms with E-state index in [1.165, 1.54) is 23.0 Å². The SMILES string of the molecule is Cc1cc2c3c(c1)C(C)(c1ccc(Cl)cc1)CC(C)(C)N3C(=O)/C2=C/C(=O)c1cccs1. The second-order valence-electron chi connectivity index (χ2n) is 9.58. The third kappa shape index (κ3) is 3.08. The molecule has 0 spiro atoms. The molecular formula is C27H24ClNO2S. The number of benzene rings is 2. The Kier molecular flexibility index (Phi) is 4.74. The van der Waals surface area contributed by atoms with Crippen LogP contribution >= 0.6 is 22.9 Å². The van der Waals surface area contributed by atoms with Gasteiger partial charge in [0.1, 0.15) is 0 Å². The van der Waals surface area contributed by atoms with Gasteiger partial charge in [-0.25, -0.2) is 0 Å². The molecular weight excluding hydrogens is 438 g/mol. The van der Waals surface area contributed by atoms with Crippen LogP contribution in [0.3, 0.4) is 0 Å². The number of amides is 1.